The van der Waals surface area contributed by atoms with E-state index in [4.69, 9.17) is 4.74 Å². The number of benzene rings is 1. The van der Waals surface area contributed by atoms with E-state index in [9.17, 15) is 13.2 Å². The Morgan fingerprint density at radius 2 is 1.90 bits per heavy atom. The number of hydrogen-bond donors (Lipinski definition) is 2. The lowest BCUT2D eigenvalue weighted by atomic mass is 9.86. The van der Waals surface area contributed by atoms with Crippen molar-refractivity contribution in [2.24, 2.45) is 5.92 Å². The fraction of sp³-hybridized carbons (Fsp3) is 0.667. The lowest BCUT2D eigenvalue weighted by Gasteiger charge is -2.29. The monoisotopic (exact) mass is 423 g/mol. The van der Waals surface area contributed by atoms with Gasteiger partial charge in [-0.1, -0.05) is 19.8 Å². The molecule has 1 amide bonds. The van der Waals surface area contributed by atoms with Gasteiger partial charge in [-0.05, 0) is 56.7 Å². The molecule has 0 unspecified atom stereocenters. The van der Waals surface area contributed by atoms with Gasteiger partial charge in [-0.3, -0.25) is 4.79 Å². The lowest BCUT2D eigenvalue weighted by molar-refractivity contribution is -0.120. The van der Waals surface area contributed by atoms with Gasteiger partial charge in [0.1, 0.15) is 10.6 Å². The Kier molecular flexibility index (Phi) is 7.40. The highest BCUT2D eigenvalue weighted by atomic mass is 32.2. The molecule has 0 bridgehead atoms. The second kappa shape index (κ2) is 9.80. The van der Waals surface area contributed by atoms with Crippen LogP contribution in [0.3, 0.4) is 0 Å². The van der Waals surface area contributed by atoms with Crippen molar-refractivity contribution >= 4 is 21.6 Å². The summed E-state index contributed by atoms with van der Waals surface area (Å²) in [5.41, 5.74) is 0.595. The molecule has 2 N–H and O–H groups in total. The van der Waals surface area contributed by atoms with Gasteiger partial charge in [-0.15, -0.1) is 0 Å². The van der Waals surface area contributed by atoms with Crippen LogP contribution in [0.2, 0.25) is 0 Å². The Morgan fingerprint density at radius 1 is 1.17 bits per heavy atom. The van der Waals surface area contributed by atoms with E-state index in [1.807, 2.05) is 6.92 Å². The lowest BCUT2D eigenvalue weighted by Crippen LogP contribution is -2.43. The molecule has 1 saturated heterocycles. The molecule has 1 aliphatic heterocycles. The molecule has 1 aromatic carbocycles. The minimum absolute atomic E-state index is 0.0680. The van der Waals surface area contributed by atoms with E-state index in [-0.39, 0.29) is 23.4 Å². The number of carbonyl (C=O) groups is 1. The van der Waals surface area contributed by atoms with Crippen molar-refractivity contribution in [2.45, 2.75) is 63.3 Å². The van der Waals surface area contributed by atoms with Gasteiger partial charge in [0.15, 0.2) is 0 Å². The molecule has 0 radical (unpaired) electrons. The highest BCUT2D eigenvalue weighted by Gasteiger charge is 2.30. The number of ether oxygens (including phenoxy) is 1. The molecule has 2 aliphatic rings. The fourth-order valence-electron chi connectivity index (χ4n) is 4.13. The molecular formula is C21H33N3O4S. The Balaban J connectivity index is 1.69. The predicted molar refractivity (Wildman–Crippen MR) is 114 cm³/mol. The van der Waals surface area contributed by atoms with Gasteiger partial charge in [0, 0.05) is 24.8 Å². The van der Waals surface area contributed by atoms with Crippen molar-refractivity contribution in [3.8, 4) is 5.75 Å². The second-order valence-corrected chi connectivity index (χ2v) is 9.90. The molecule has 29 heavy (non-hydrogen) atoms. The first kappa shape index (κ1) is 21.9. The zero-order chi connectivity index (χ0) is 20.9. The van der Waals surface area contributed by atoms with Crippen LogP contribution < -0.4 is 15.4 Å². The first-order valence-corrected chi connectivity index (χ1v) is 12.2. The average molecular weight is 424 g/mol. The highest BCUT2D eigenvalue weighted by Crippen LogP contribution is 2.31. The van der Waals surface area contributed by atoms with E-state index >= 15 is 0 Å². The van der Waals surface area contributed by atoms with E-state index in [2.05, 4.69) is 17.6 Å². The standard InChI is InChI=1S/C21H33N3O4S/c1-3-28-19-11-10-17(14-20(19)29(26,27)24-12-6-7-13-24)22-15-21(25)23-18-9-5-4-8-16(18)2/h10-11,14,16,18,22H,3-9,12-13,15H2,1-2H3,(H,23,25)/t16-,18-/m1/s1. The molecule has 8 heteroatoms. The van der Waals surface area contributed by atoms with Crippen LogP contribution >= 0.6 is 0 Å². The molecule has 1 saturated carbocycles. The topological polar surface area (TPSA) is 87.7 Å². The van der Waals surface area contributed by atoms with Crippen LogP contribution in [0.4, 0.5) is 5.69 Å². The largest absolute Gasteiger partial charge is 0.492 e. The number of nitrogens with one attached hydrogen (secondary N) is 2. The molecule has 3 rings (SSSR count). The first-order chi connectivity index (χ1) is 13.9. The zero-order valence-electron chi connectivity index (χ0n) is 17.4. The second-order valence-electron chi connectivity index (χ2n) is 8.00. The normalized spacial score (nSPS) is 23.0. The van der Waals surface area contributed by atoms with Crippen molar-refractivity contribution in [1.82, 2.24) is 9.62 Å². The minimum atomic E-state index is -3.61. The number of anilines is 1. The quantitative estimate of drug-likeness (QED) is 0.671. The third-order valence-corrected chi connectivity index (χ3v) is 7.76. The van der Waals surface area contributed by atoms with Crippen molar-refractivity contribution in [3.63, 3.8) is 0 Å². The molecule has 0 aromatic heterocycles. The third kappa shape index (κ3) is 5.42. The molecule has 1 heterocycles. The molecule has 0 spiro atoms. The number of carbonyl (C=O) groups excluding carboxylic acids is 1. The van der Waals surface area contributed by atoms with Gasteiger partial charge in [0.25, 0.3) is 0 Å². The van der Waals surface area contributed by atoms with Crippen LogP contribution in [0, 0.1) is 5.92 Å². The summed E-state index contributed by atoms with van der Waals surface area (Å²) in [6, 6.07) is 5.22. The molecule has 2 atom stereocenters. The average Bonchev–Trinajstić information content (AvgIpc) is 3.25. The van der Waals surface area contributed by atoms with E-state index in [1.54, 1.807) is 18.2 Å². The Bertz CT molecular complexity index is 806. The van der Waals surface area contributed by atoms with Crippen LogP contribution in [0.1, 0.15) is 52.4 Å². The van der Waals surface area contributed by atoms with Gasteiger partial charge >= 0.3 is 0 Å². The molecule has 7 nitrogen and oxygen atoms in total. The van der Waals surface area contributed by atoms with Crippen LogP contribution in [0.15, 0.2) is 23.1 Å². The van der Waals surface area contributed by atoms with E-state index in [1.165, 1.54) is 10.7 Å². The maximum absolute atomic E-state index is 13.1. The maximum Gasteiger partial charge on any atom is 0.246 e. The first-order valence-electron chi connectivity index (χ1n) is 10.7. The molecular weight excluding hydrogens is 390 g/mol. The summed E-state index contributed by atoms with van der Waals surface area (Å²) >= 11 is 0. The summed E-state index contributed by atoms with van der Waals surface area (Å²) < 4.78 is 33.2. The Morgan fingerprint density at radius 3 is 2.59 bits per heavy atom. The maximum atomic E-state index is 13.1. The van der Waals surface area contributed by atoms with Gasteiger partial charge in [-0.2, -0.15) is 4.31 Å². The smallest absolute Gasteiger partial charge is 0.246 e. The molecule has 162 valence electrons. The zero-order valence-corrected chi connectivity index (χ0v) is 18.3. The minimum Gasteiger partial charge on any atom is -0.492 e. The number of nitrogens with zero attached hydrogens (tertiary/aromatic N) is 1. The molecule has 1 aliphatic carbocycles. The van der Waals surface area contributed by atoms with E-state index < -0.39 is 10.0 Å². The van der Waals surface area contributed by atoms with Gasteiger partial charge in [-0.25, -0.2) is 8.42 Å². The Labute approximate surface area is 174 Å². The summed E-state index contributed by atoms with van der Waals surface area (Å²) in [6.45, 7) is 5.58. The molecule has 2 fully saturated rings. The van der Waals surface area contributed by atoms with Crippen LogP contribution in [-0.4, -0.2) is 50.9 Å². The van der Waals surface area contributed by atoms with Crippen LogP contribution in [0.25, 0.3) is 0 Å². The van der Waals surface area contributed by atoms with Crippen molar-refractivity contribution < 1.29 is 17.9 Å². The summed E-state index contributed by atoms with van der Waals surface area (Å²) in [5.74, 6) is 0.780. The van der Waals surface area contributed by atoms with Gasteiger partial charge in [0.2, 0.25) is 15.9 Å². The SMILES string of the molecule is CCOc1ccc(NCC(=O)N[C@@H]2CCCC[C@H]2C)cc1S(=O)(=O)N1CCCC1. The van der Waals surface area contributed by atoms with Crippen LogP contribution in [-0.2, 0) is 14.8 Å². The van der Waals surface area contributed by atoms with Crippen molar-refractivity contribution in [3.05, 3.63) is 18.2 Å². The predicted octanol–water partition coefficient (Wildman–Crippen LogP) is 2.98. The van der Waals surface area contributed by atoms with E-state index in [0.717, 1.165) is 32.1 Å². The summed E-state index contributed by atoms with van der Waals surface area (Å²) in [7, 11) is -3.61. The van der Waals surface area contributed by atoms with Gasteiger partial charge < -0.3 is 15.4 Å². The summed E-state index contributed by atoms with van der Waals surface area (Å²) in [6.07, 6.45) is 6.30. The fourth-order valence-corrected chi connectivity index (χ4v) is 5.81. The van der Waals surface area contributed by atoms with Gasteiger partial charge in [0.05, 0.1) is 13.2 Å². The van der Waals surface area contributed by atoms with E-state index in [0.29, 0.717) is 37.1 Å². The van der Waals surface area contributed by atoms with Crippen molar-refractivity contribution in [1.29, 1.82) is 0 Å². The van der Waals surface area contributed by atoms with Crippen molar-refractivity contribution in [2.75, 3.05) is 31.6 Å². The molecule has 1 aromatic rings. The summed E-state index contributed by atoms with van der Waals surface area (Å²) in [5, 5.41) is 6.18. The highest BCUT2D eigenvalue weighted by molar-refractivity contribution is 7.89. The summed E-state index contributed by atoms with van der Waals surface area (Å²) in [4.78, 5) is 12.5. The third-order valence-electron chi connectivity index (χ3n) is 5.84. The number of sulfonamides is 1. The number of rotatable bonds is 8. The number of amides is 1. The Hall–Kier alpha value is -1.80. The number of hydrogen-bond acceptors (Lipinski definition) is 5. The van der Waals surface area contributed by atoms with Crippen LogP contribution in [0.5, 0.6) is 5.75 Å².